The van der Waals surface area contributed by atoms with Crippen LogP contribution in [0.5, 0.6) is 0 Å². The molecule has 0 fully saturated rings. The van der Waals surface area contributed by atoms with E-state index in [2.05, 4.69) is 173 Å². The van der Waals surface area contributed by atoms with Crippen molar-refractivity contribution >= 4 is 47.0 Å². The van der Waals surface area contributed by atoms with E-state index in [1.807, 2.05) is 0 Å². The minimum Gasteiger partial charge on any atom is -0.305 e. The van der Waals surface area contributed by atoms with Crippen LogP contribution in [0.1, 0.15) is 22.3 Å². The van der Waals surface area contributed by atoms with Gasteiger partial charge < -0.3 is 19.6 Å². The first-order valence-corrected chi connectivity index (χ1v) is 20.5. The number of hydrogen-bond donors (Lipinski definition) is 0. The van der Waals surface area contributed by atoms with Crippen LogP contribution >= 0.6 is 11.1 Å². The van der Waals surface area contributed by atoms with E-state index in [0.717, 1.165) is 26.2 Å². The van der Waals surface area contributed by atoms with E-state index in [4.69, 9.17) is 11.1 Å². The summed E-state index contributed by atoms with van der Waals surface area (Å²) in [5.41, 5.74) is 5.39. The van der Waals surface area contributed by atoms with Crippen LogP contribution in [-0.2, 0) is 26.2 Å². The molecule has 0 saturated carbocycles. The van der Waals surface area contributed by atoms with Crippen molar-refractivity contribution in [3.63, 3.8) is 0 Å². The molecule has 4 aromatic rings. The van der Waals surface area contributed by atoms with E-state index < -0.39 is 15.2 Å². The van der Waals surface area contributed by atoms with Crippen molar-refractivity contribution in [2.45, 2.75) is 26.2 Å². The van der Waals surface area contributed by atoms with Crippen molar-refractivity contribution in [3.8, 4) is 0 Å². The molecule has 0 unspecified atom stereocenters. The van der Waals surface area contributed by atoms with E-state index >= 15 is 0 Å². The van der Waals surface area contributed by atoms with Gasteiger partial charge in [0.2, 0.25) is 6.90 Å². The molecule has 4 rings (SSSR count). The molecule has 0 aromatic heterocycles. The number of hydrogen-bond acceptors (Lipinski definition) is 4. The first-order valence-electron chi connectivity index (χ1n) is 15.0. The number of benzene rings is 4. The van der Waals surface area contributed by atoms with Crippen LogP contribution < -0.4 is 20.7 Å². The molecule has 0 spiro atoms. The standard InChI is InChI=1S/C36H48ClN4Si2/c1-38(2)25-29-17-9-13-21-33(29)42(34-22-14-10-18-30(34)26-39(3)4)43(37,35-23-15-11-19-31(35)27-40(5)6)36-24-16-12-20-32(36)28-41(7)8/h9-24H,25-28H2,1-8H3. The highest BCUT2D eigenvalue weighted by atomic mass is 35.6. The van der Waals surface area contributed by atoms with Gasteiger partial charge in [-0.3, -0.25) is 0 Å². The third-order valence-electron chi connectivity index (χ3n) is 7.64. The van der Waals surface area contributed by atoms with Gasteiger partial charge in [-0.05, 0) is 89.0 Å². The maximum Gasteiger partial charge on any atom is 0.214 e. The minimum atomic E-state index is -3.02. The maximum atomic E-state index is 8.74. The SMILES string of the molecule is CN(C)Cc1ccccc1[Si](c1ccccc1CN(C)C)[Si](Cl)(c1ccccc1CN(C)C)c1ccccc1CN(C)C. The summed E-state index contributed by atoms with van der Waals surface area (Å²) in [5, 5.41) is 5.52. The summed E-state index contributed by atoms with van der Waals surface area (Å²) < 4.78 is 0. The Morgan fingerprint density at radius 3 is 1.07 bits per heavy atom. The molecular weight excluding hydrogens is 580 g/mol. The Labute approximate surface area is 267 Å². The summed E-state index contributed by atoms with van der Waals surface area (Å²) in [6.07, 6.45) is 0. The van der Waals surface area contributed by atoms with Gasteiger partial charge in [-0.15, -0.1) is 0 Å². The fraction of sp³-hybridized carbons (Fsp3) is 0.333. The molecule has 227 valence electrons. The lowest BCUT2D eigenvalue weighted by molar-refractivity contribution is 0.403. The van der Waals surface area contributed by atoms with Gasteiger partial charge in [0.15, 0.2) is 0 Å². The number of rotatable bonds is 13. The van der Waals surface area contributed by atoms with Gasteiger partial charge in [0, 0.05) is 26.2 Å². The van der Waals surface area contributed by atoms with Crippen molar-refractivity contribution in [2.75, 3.05) is 56.4 Å². The zero-order chi connectivity index (χ0) is 31.1. The van der Waals surface area contributed by atoms with Crippen molar-refractivity contribution in [1.82, 2.24) is 19.6 Å². The normalized spacial score (nSPS) is 12.3. The number of nitrogens with zero attached hydrogens (tertiary/aromatic N) is 4. The second-order valence-electron chi connectivity index (χ2n) is 12.6. The molecule has 1 radical (unpaired) electrons. The Balaban J connectivity index is 2.19. The van der Waals surface area contributed by atoms with Crippen molar-refractivity contribution in [2.24, 2.45) is 0 Å². The average molecular weight is 628 g/mol. The van der Waals surface area contributed by atoms with Crippen LogP contribution in [0.3, 0.4) is 0 Å². The molecule has 0 aliphatic rings. The summed E-state index contributed by atoms with van der Waals surface area (Å²) in [6, 6.07) is 36.2. The number of halogens is 1. The molecule has 43 heavy (non-hydrogen) atoms. The Morgan fingerprint density at radius 2 is 0.721 bits per heavy atom. The summed E-state index contributed by atoms with van der Waals surface area (Å²) >= 11 is 8.74. The highest BCUT2D eigenvalue weighted by Gasteiger charge is 2.50. The fourth-order valence-corrected chi connectivity index (χ4v) is 21.0. The smallest absolute Gasteiger partial charge is 0.214 e. The molecule has 0 N–H and O–H groups in total. The van der Waals surface area contributed by atoms with Crippen LogP contribution in [-0.4, -0.2) is 91.2 Å². The van der Waals surface area contributed by atoms with Crippen LogP contribution in [0, 0.1) is 0 Å². The molecule has 0 atom stereocenters. The summed E-state index contributed by atoms with van der Waals surface area (Å²) in [6.45, 7) is 0.431. The quantitative estimate of drug-likeness (QED) is 0.166. The Kier molecular flexibility index (Phi) is 11.6. The molecule has 0 bridgehead atoms. The zero-order valence-corrected chi connectivity index (χ0v) is 30.0. The lowest BCUT2D eigenvalue weighted by Gasteiger charge is -2.39. The van der Waals surface area contributed by atoms with E-state index in [1.165, 1.54) is 43.0 Å². The topological polar surface area (TPSA) is 13.0 Å². The van der Waals surface area contributed by atoms with E-state index in [9.17, 15) is 0 Å². The summed E-state index contributed by atoms with van der Waals surface area (Å²) in [5.74, 6) is 0. The second-order valence-corrected chi connectivity index (χ2v) is 23.2. The fourth-order valence-electron chi connectivity index (χ4n) is 6.09. The average Bonchev–Trinajstić information content (AvgIpc) is 2.94. The van der Waals surface area contributed by atoms with Crippen molar-refractivity contribution < 1.29 is 0 Å². The van der Waals surface area contributed by atoms with Gasteiger partial charge in [0.1, 0.15) is 8.31 Å². The van der Waals surface area contributed by atoms with E-state index in [1.54, 1.807) is 0 Å². The summed E-state index contributed by atoms with van der Waals surface area (Å²) in [7, 11) is 15.7. The Bertz CT molecular complexity index is 1380. The van der Waals surface area contributed by atoms with Gasteiger partial charge >= 0.3 is 0 Å². The molecule has 4 aromatic carbocycles. The molecular formula is C36H48ClN4Si2. The first kappa shape index (κ1) is 33.3. The van der Waals surface area contributed by atoms with Crippen molar-refractivity contribution in [1.29, 1.82) is 0 Å². The van der Waals surface area contributed by atoms with Crippen molar-refractivity contribution in [3.05, 3.63) is 119 Å². The van der Waals surface area contributed by atoms with Crippen LogP contribution in [0.4, 0.5) is 0 Å². The molecule has 0 heterocycles. The lowest BCUT2D eigenvalue weighted by atomic mass is 10.2. The lowest BCUT2D eigenvalue weighted by Crippen LogP contribution is -2.75. The minimum absolute atomic E-state index is 0.849. The zero-order valence-electron chi connectivity index (χ0n) is 27.2. The van der Waals surface area contributed by atoms with Gasteiger partial charge in [-0.25, -0.2) is 0 Å². The largest absolute Gasteiger partial charge is 0.305 e. The van der Waals surface area contributed by atoms with Crippen LogP contribution in [0.25, 0.3) is 0 Å². The third kappa shape index (κ3) is 7.94. The highest BCUT2D eigenvalue weighted by molar-refractivity contribution is 7.68. The molecule has 0 saturated heterocycles. The predicted octanol–water partition coefficient (Wildman–Crippen LogP) is 3.62. The van der Waals surface area contributed by atoms with Gasteiger partial charge in [0.05, 0.1) is 0 Å². The Hall–Kier alpha value is -2.56. The third-order valence-corrected chi connectivity index (χ3v) is 21.1. The van der Waals surface area contributed by atoms with E-state index in [-0.39, 0.29) is 0 Å². The molecule has 4 nitrogen and oxygen atoms in total. The molecule has 0 amide bonds. The first-order chi connectivity index (χ1) is 20.5. The summed E-state index contributed by atoms with van der Waals surface area (Å²) in [4.78, 5) is 9.09. The van der Waals surface area contributed by atoms with Crippen LogP contribution in [0.15, 0.2) is 97.1 Å². The second kappa shape index (κ2) is 15.0. The highest BCUT2D eigenvalue weighted by Crippen LogP contribution is 2.23. The van der Waals surface area contributed by atoms with E-state index in [0.29, 0.717) is 0 Å². The maximum absolute atomic E-state index is 8.74. The van der Waals surface area contributed by atoms with Gasteiger partial charge in [0.25, 0.3) is 0 Å². The Morgan fingerprint density at radius 1 is 0.442 bits per heavy atom. The predicted molar refractivity (Wildman–Crippen MR) is 191 cm³/mol. The molecule has 0 aliphatic carbocycles. The van der Waals surface area contributed by atoms with Gasteiger partial charge in [-0.2, -0.15) is 11.1 Å². The molecule has 0 aliphatic heterocycles. The van der Waals surface area contributed by atoms with Gasteiger partial charge in [-0.1, -0.05) is 107 Å². The molecule has 7 heteroatoms. The monoisotopic (exact) mass is 627 g/mol. The van der Waals surface area contributed by atoms with Crippen LogP contribution in [0.2, 0.25) is 0 Å².